The molecule has 0 saturated carbocycles. The summed E-state index contributed by atoms with van der Waals surface area (Å²) in [6.45, 7) is 1.93. The van der Waals surface area contributed by atoms with Crippen LogP contribution < -0.4 is 11.5 Å². The smallest absolute Gasteiger partial charge is 0.115 e. The molecule has 6 heteroatoms. The van der Waals surface area contributed by atoms with Gasteiger partial charge >= 0.3 is 0 Å². The minimum absolute atomic E-state index is 0.0619. The molecule has 0 radical (unpaired) electrons. The van der Waals surface area contributed by atoms with Crippen molar-refractivity contribution >= 4 is 0 Å². The zero-order valence-corrected chi connectivity index (χ0v) is 10.5. The number of aliphatic hydroxyl groups is 1. The Bertz CT molecular complexity index is 186. The minimum atomic E-state index is -1.19. The van der Waals surface area contributed by atoms with Crippen LogP contribution in [0.25, 0.3) is 0 Å². The molecule has 16 heavy (non-hydrogen) atoms. The van der Waals surface area contributed by atoms with E-state index in [0.717, 1.165) is 0 Å². The van der Waals surface area contributed by atoms with Crippen molar-refractivity contribution in [3.8, 4) is 0 Å². The van der Waals surface area contributed by atoms with Crippen LogP contribution in [0.1, 0.15) is 6.92 Å². The second-order valence-electron chi connectivity index (χ2n) is 3.93. The zero-order chi connectivity index (χ0) is 12.8. The Morgan fingerprint density at radius 2 is 1.69 bits per heavy atom. The Morgan fingerprint density at radius 1 is 1.12 bits per heavy atom. The van der Waals surface area contributed by atoms with Crippen molar-refractivity contribution < 1.29 is 19.3 Å². The Balaban J connectivity index is 4.87. The fraction of sp³-hybridized carbons (Fsp3) is 1.00. The zero-order valence-electron chi connectivity index (χ0n) is 10.5. The number of hydrogen-bond donors (Lipinski definition) is 3. The summed E-state index contributed by atoms with van der Waals surface area (Å²) < 4.78 is 15.7. The Labute approximate surface area is 96.8 Å². The molecule has 6 nitrogen and oxygen atoms in total. The van der Waals surface area contributed by atoms with Gasteiger partial charge in [0, 0.05) is 34.4 Å². The highest BCUT2D eigenvalue weighted by Gasteiger charge is 2.41. The third-order valence-electron chi connectivity index (χ3n) is 2.75. The van der Waals surface area contributed by atoms with E-state index in [-0.39, 0.29) is 19.2 Å². The molecule has 0 aliphatic rings. The van der Waals surface area contributed by atoms with Crippen molar-refractivity contribution in [2.24, 2.45) is 11.5 Å². The van der Waals surface area contributed by atoms with Gasteiger partial charge in [0.1, 0.15) is 17.8 Å². The van der Waals surface area contributed by atoms with Gasteiger partial charge in [-0.1, -0.05) is 0 Å². The van der Waals surface area contributed by atoms with Crippen molar-refractivity contribution in [2.45, 2.75) is 30.8 Å². The van der Waals surface area contributed by atoms with E-state index in [1.54, 1.807) is 6.92 Å². The van der Waals surface area contributed by atoms with Crippen LogP contribution >= 0.6 is 0 Å². The first-order valence-corrected chi connectivity index (χ1v) is 5.19. The van der Waals surface area contributed by atoms with E-state index in [1.165, 1.54) is 21.3 Å². The van der Waals surface area contributed by atoms with Crippen LogP contribution in [-0.2, 0) is 14.2 Å². The Kier molecular flexibility index (Phi) is 7.05. The molecule has 0 bridgehead atoms. The first-order chi connectivity index (χ1) is 7.48. The van der Waals surface area contributed by atoms with Crippen LogP contribution in [0.5, 0.6) is 0 Å². The van der Waals surface area contributed by atoms with Crippen LogP contribution in [-0.4, -0.2) is 63.4 Å². The lowest BCUT2D eigenvalue weighted by Gasteiger charge is -2.38. The maximum Gasteiger partial charge on any atom is 0.115 e. The van der Waals surface area contributed by atoms with Crippen LogP contribution in [0.15, 0.2) is 0 Å². The molecule has 0 aliphatic carbocycles. The third kappa shape index (κ3) is 3.65. The van der Waals surface area contributed by atoms with Crippen molar-refractivity contribution in [1.82, 2.24) is 0 Å². The summed E-state index contributed by atoms with van der Waals surface area (Å²) >= 11 is 0. The maximum absolute atomic E-state index is 10.1. The predicted molar refractivity (Wildman–Crippen MR) is 61.1 cm³/mol. The van der Waals surface area contributed by atoms with Crippen LogP contribution in [0.4, 0.5) is 0 Å². The van der Waals surface area contributed by atoms with Crippen molar-refractivity contribution in [1.29, 1.82) is 0 Å². The molecule has 0 amide bonds. The first-order valence-electron chi connectivity index (χ1n) is 5.19. The van der Waals surface area contributed by atoms with Gasteiger partial charge in [-0.05, 0) is 6.92 Å². The van der Waals surface area contributed by atoms with Gasteiger partial charge in [0.25, 0.3) is 0 Å². The summed E-state index contributed by atoms with van der Waals surface area (Å²) in [7, 11) is 4.54. The summed E-state index contributed by atoms with van der Waals surface area (Å²) in [4.78, 5) is 0. The average Bonchev–Trinajstić information content (AvgIpc) is 2.29. The normalized spacial score (nSPS) is 21.2. The van der Waals surface area contributed by atoms with Crippen LogP contribution in [0.3, 0.4) is 0 Å². The summed E-state index contributed by atoms with van der Waals surface area (Å²) in [5, 5.41) is 10.1. The Morgan fingerprint density at radius 3 is 1.94 bits per heavy atom. The molecule has 98 valence electrons. The first kappa shape index (κ1) is 15.8. The van der Waals surface area contributed by atoms with Crippen LogP contribution in [0.2, 0.25) is 0 Å². The molecule has 0 saturated heterocycles. The molecular weight excluding hydrogens is 212 g/mol. The molecule has 0 aromatic rings. The molecule has 4 atom stereocenters. The molecule has 0 rings (SSSR count). The number of ether oxygens (including phenoxy) is 3. The van der Waals surface area contributed by atoms with Gasteiger partial charge in [-0.3, -0.25) is 0 Å². The highest BCUT2D eigenvalue weighted by atomic mass is 16.6. The summed E-state index contributed by atoms with van der Waals surface area (Å²) in [6, 6.07) is 0. The fourth-order valence-electron chi connectivity index (χ4n) is 1.69. The van der Waals surface area contributed by atoms with Gasteiger partial charge in [-0.25, -0.2) is 0 Å². The number of methoxy groups -OCH3 is 3. The van der Waals surface area contributed by atoms with Crippen LogP contribution in [0, 0.1) is 0 Å². The largest absolute Gasteiger partial charge is 0.386 e. The number of rotatable bonds is 8. The van der Waals surface area contributed by atoms with Gasteiger partial charge in [0.2, 0.25) is 0 Å². The fourth-order valence-corrected chi connectivity index (χ4v) is 1.69. The quantitative estimate of drug-likeness (QED) is 0.484. The Hall–Kier alpha value is -0.240. The van der Waals surface area contributed by atoms with Crippen molar-refractivity contribution in [2.75, 3.05) is 34.4 Å². The maximum atomic E-state index is 10.1. The van der Waals surface area contributed by atoms with E-state index in [9.17, 15) is 5.11 Å². The molecule has 5 N–H and O–H groups in total. The van der Waals surface area contributed by atoms with E-state index in [4.69, 9.17) is 25.7 Å². The molecule has 0 fully saturated rings. The molecule has 0 aromatic carbocycles. The van der Waals surface area contributed by atoms with Gasteiger partial charge < -0.3 is 30.8 Å². The second-order valence-corrected chi connectivity index (χ2v) is 3.93. The SMILES string of the molecule is CO[C@H]([C@H](CN)OC)[C@@H](OC)[C@](C)(O)CN. The van der Waals surface area contributed by atoms with E-state index in [1.807, 2.05) is 0 Å². The topological polar surface area (TPSA) is 100.0 Å². The average molecular weight is 236 g/mol. The number of nitrogens with two attached hydrogens (primary N) is 2. The van der Waals surface area contributed by atoms with Gasteiger partial charge in [0.05, 0.1) is 6.10 Å². The minimum Gasteiger partial charge on any atom is -0.386 e. The molecule has 0 aromatic heterocycles. The van der Waals surface area contributed by atoms with Gasteiger partial charge in [-0.15, -0.1) is 0 Å². The van der Waals surface area contributed by atoms with Crippen molar-refractivity contribution in [3.63, 3.8) is 0 Å². The summed E-state index contributed by atoms with van der Waals surface area (Å²) in [6.07, 6.45) is -1.43. The summed E-state index contributed by atoms with van der Waals surface area (Å²) in [5.41, 5.74) is 9.87. The van der Waals surface area contributed by atoms with E-state index >= 15 is 0 Å². The predicted octanol–water partition coefficient (Wildman–Crippen LogP) is -1.30. The van der Waals surface area contributed by atoms with E-state index < -0.39 is 17.8 Å². The second kappa shape index (κ2) is 7.16. The lowest BCUT2D eigenvalue weighted by molar-refractivity contribution is -0.169. The molecule has 0 unspecified atom stereocenters. The monoisotopic (exact) mass is 236 g/mol. The lowest BCUT2D eigenvalue weighted by atomic mass is 9.91. The van der Waals surface area contributed by atoms with E-state index in [0.29, 0.717) is 0 Å². The highest BCUT2D eigenvalue weighted by Crippen LogP contribution is 2.20. The summed E-state index contributed by atoms with van der Waals surface area (Å²) in [5.74, 6) is 0. The van der Waals surface area contributed by atoms with Gasteiger partial charge in [-0.2, -0.15) is 0 Å². The molecule has 0 heterocycles. The van der Waals surface area contributed by atoms with E-state index in [2.05, 4.69) is 0 Å². The standard InChI is InChI=1S/C10H24N2O4/c1-10(13,6-12)9(16-4)8(15-3)7(5-11)14-2/h7-9,13H,5-6,11-12H2,1-4H3/t7-,8+,9+,10+/m0/s1. The van der Waals surface area contributed by atoms with Crippen molar-refractivity contribution in [3.05, 3.63) is 0 Å². The lowest BCUT2D eigenvalue weighted by Crippen LogP contribution is -2.58. The molecular formula is C10H24N2O4. The molecule has 0 aliphatic heterocycles. The number of hydrogen-bond acceptors (Lipinski definition) is 6. The highest BCUT2D eigenvalue weighted by molar-refractivity contribution is 4.93. The molecule has 0 spiro atoms. The van der Waals surface area contributed by atoms with Gasteiger partial charge in [0.15, 0.2) is 0 Å². The third-order valence-corrected chi connectivity index (χ3v) is 2.75.